The number of Topliss-reactive ketones (excluding diaryl/α,β-unsaturated/α-hetero) is 1. The van der Waals surface area contributed by atoms with Gasteiger partial charge in [0.2, 0.25) is 0 Å². The van der Waals surface area contributed by atoms with E-state index in [1.807, 2.05) is 0 Å². The van der Waals surface area contributed by atoms with E-state index < -0.39 is 5.97 Å². The summed E-state index contributed by atoms with van der Waals surface area (Å²) in [6.45, 7) is 2.13. The summed E-state index contributed by atoms with van der Waals surface area (Å²) in [6, 6.07) is 0. The minimum atomic E-state index is -0.703. The molecule has 3 heteroatoms. The second-order valence-electron chi connectivity index (χ2n) is 5.68. The van der Waals surface area contributed by atoms with Crippen molar-refractivity contribution >= 4 is 11.8 Å². The number of carbonyl (C=O) groups is 2. The van der Waals surface area contributed by atoms with Gasteiger partial charge in [-0.1, -0.05) is 44.8 Å². The summed E-state index contributed by atoms with van der Waals surface area (Å²) < 4.78 is 0. The van der Waals surface area contributed by atoms with Crippen LogP contribution in [-0.2, 0) is 9.59 Å². The topological polar surface area (TPSA) is 54.4 Å². The van der Waals surface area contributed by atoms with Gasteiger partial charge < -0.3 is 5.11 Å². The van der Waals surface area contributed by atoms with Crippen LogP contribution in [0.25, 0.3) is 0 Å². The lowest BCUT2D eigenvalue weighted by Gasteiger charge is -2.02. The van der Waals surface area contributed by atoms with Crippen LogP contribution in [0.4, 0.5) is 0 Å². The van der Waals surface area contributed by atoms with Crippen LogP contribution in [0.1, 0.15) is 90.4 Å². The number of rotatable bonds is 15. The van der Waals surface area contributed by atoms with Gasteiger partial charge in [-0.2, -0.15) is 0 Å². The molecule has 21 heavy (non-hydrogen) atoms. The van der Waals surface area contributed by atoms with Gasteiger partial charge in [-0.25, -0.2) is 0 Å². The Bertz CT molecular complexity index is 295. The van der Waals surface area contributed by atoms with Crippen LogP contribution in [-0.4, -0.2) is 16.9 Å². The van der Waals surface area contributed by atoms with E-state index in [4.69, 9.17) is 5.11 Å². The zero-order valence-electron chi connectivity index (χ0n) is 13.6. The van der Waals surface area contributed by atoms with Crippen molar-refractivity contribution in [1.82, 2.24) is 0 Å². The molecule has 0 spiro atoms. The summed E-state index contributed by atoms with van der Waals surface area (Å²) >= 11 is 0. The minimum Gasteiger partial charge on any atom is -0.481 e. The number of hydrogen-bond acceptors (Lipinski definition) is 2. The fourth-order valence-electron chi connectivity index (χ4n) is 2.30. The number of allylic oxidation sites excluding steroid dienone is 2. The molecule has 0 fully saturated rings. The highest BCUT2D eigenvalue weighted by Crippen LogP contribution is 2.11. The third kappa shape index (κ3) is 16.8. The molecule has 1 N–H and O–H groups in total. The number of aliphatic carboxylic acids is 1. The molecular weight excluding hydrogens is 264 g/mol. The van der Waals surface area contributed by atoms with Crippen molar-refractivity contribution in [3.05, 3.63) is 12.2 Å². The molecule has 0 saturated heterocycles. The summed E-state index contributed by atoms with van der Waals surface area (Å²) in [4.78, 5) is 22.0. The van der Waals surface area contributed by atoms with E-state index in [1.54, 1.807) is 0 Å². The van der Waals surface area contributed by atoms with Crippen molar-refractivity contribution in [3.63, 3.8) is 0 Å². The average Bonchev–Trinajstić information content (AvgIpc) is 2.45. The van der Waals surface area contributed by atoms with Crippen molar-refractivity contribution in [2.45, 2.75) is 90.4 Å². The molecular formula is C18H32O3. The summed E-state index contributed by atoms with van der Waals surface area (Å²) in [5.41, 5.74) is 0. The minimum absolute atomic E-state index is 0.284. The van der Waals surface area contributed by atoms with Crippen molar-refractivity contribution in [2.75, 3.05) is 0 Å². The quantitative estimate of drug-likeness (QED) is 0.330. The van der Waals surface area contributed by atoms with Crippen LogP contribution >= 0.6 is 0 Å². The van der Waals surface area contributed by atoms with Crippen LogP contribution in [0.5, 0.6) is 0 Å². The molecule has 0 unspecified atom stereocenters. The molecule has 3 nitrogen and oxygen atoms in total. The molecule has 0 saturated carbocycles. The van der Waals surface area contributed by atoms with Gasteiger partial charge in [0.25, 0.3) is 0 Å². The number of unbranched alkanes of at least 4 members (excludes halogenated alkanes) is 7. The molecule has 0 aliphatic heterocycles. The predicted octanol–water partition coefficient (Wildman–Crippen LogP) is 5.29. The van der Waals surface area contributed by atoms with Crippen LogP contribution in [0.3, 0.4) is 0 Å². The Morgan fingerprint density at radius 3 is 1.86 bits per heavy atom. The number of carbonyl (C=O) groups excluding carboxylic acids is 1. The molecule has 0 atom stereocenters. The fraction of sp³-hybridized carbons (Fsp3) is 0.778. The van der Waals surface area contributed by atoms with Gasteiger partial charge in [0, 0.05) is 19.3 Å². The summed E-state index contributed by atoms with van der Waals surface area (Å²) in [5, 5.41) is 8.51. The van der Waals surface area contributed by atoms with Crippen LogP contribution < -0.4 is 0 Å². The van der Waals surface area contributed by atoms with E-state index in [1.165, 1.54) is 0 Å². The standard InChI is InChI=1S/C18H32O3/c1-2-3-4-5-8-11-14-17(19)15-12-9-6-7-10-13-16-18(20)21/h3-4H,2,5-16H2,1H3,(H,20,21). The molecule has 0 aromatic carbocycles. The SMILES string of the molecule is CCC=CCCCCC(=O)CCCCCCCCC(=O)O. The zero-order chi connectivity index (χ0) is 15.8. The Hall–Kier alpha value is -1.12. The Labute approximate surface area is 129 Å². The van der Waals surface area contributed by atoms with E-state index in [0.717, 1.165) is 77.0 Å². The van der Waals surface area contributed by atoms with Gasteiger partial charge in [0.05, 0.1) is 0 Å². The van der Waals surface area contributed by atoms with Gasteiger partial charge in [0.15, 0.2) is 0 Å². The lowest BCUT2D eigenvalue weighted by atomic mass is 10.0. The van der Waals surface area contributed by atoms with E-state index >= 15 is 0 Å². The van der Waals surface area contributed by atoms with E-state index in [0.29, 0.717) is 5.78 Å². The summed E-state index contributed by atoms with van der Waals surface area (Å²) in [7, 11) is 0. The third-order valence-electron chi connectivity index (χ3n) is 3.58. The second-order valence-corrected chi connectivity index (χ2v) is 5.68. The number of hydrogen-bond donors (Lipinski definition) is 1. The molecule has 0 aliphatic carbocycles. The summed E-state index contributed by atoms with van der Waals surface area (Å²) in [5.74, 6) is -0.300. The molecule has 0 aliphatic rings. The zero-order valence-corrected chi connectivity index (χ0v) is 13.6. The molecule has 0 radical (unpaired) electrons. The highest BCUT2D eigenvalue weighted by Gasteiger charge is 2.01. The molecule has 0 amide bonds. The molecule has 0 aromatic rings. The van der Waals surface area contributed by atoms with Gasteiger partial charge in [-0.05, 0) is 38.5 Å². The van der Waals surface area contributed by atoms with E-state index in [-0.39, 0.29) is 6.42 Å². The monoisotopic (exact) mass is 296 g/mol. The van der Waals surface area contributed by atoms with Gasteiger partial charge in [-0.3, -0.25) is 9.59 Å². The number of ketones is 1. The second kappa shape index (κ2) is 15.3. The molecule has 0 bridgehead atoms. The van der Waals surface area contributed by atoms with Crippen LogP contribution in [0.15, 0.2) is 12.2 Å². The van der Waals surface area contributed by atoms with Crippen LogP contribution in [0.2, 0.25) is 0 Å². The van der Waals surface area contributed by atoms with Gasteiger partial charge >= 0.3 is 5.97 Å². The Morgan fingerprint density at radius 1 is 0.762 bits per heavy atom. The predicted molar refractivity (Wildman–Crippen MR) is 87.5 cm³/mol. The Morgan fingerprint density at radius 2 is 1.29 bits per heavy atom. The smallest absolute Gasteiger partial charge is 0.303 e. The third-order valence-corrected chi connectivity index (χ3v) is 3.58. The van der Waals surface area contributed by atoms with Crippen molar-refractivity contribution in [2.24, 2.45) is 0 Å². The molecule has 122 valence electrons. The van der Waals surface area contributed by atoms with Gasteiger partial charge in [0.1, 0.15) is 5.78 Å². The lowest BCUT2D eigenvalue weighted by Crippen LogP contribution is -1.97. The van der Waals surface area contributed by atoms with Crippen molar-refractivity contribution in [3.8, 4) is 0 Å². The number of carboxylic acid groups (broad SMARTS) is 1. The molecule has 0 rings (SSSR count). The maximum atomic E-state index is 11.7. The first-order valence-corrected chi connectivity index (χ1v) is 8.55. The molecule has 0 aromatic heterocycles. The Kier molecular flexibility index (Phi) is 14.5. The highest BCUT2D eigenvalue weighted by atomic mass is 16.4. The van der Waals surface area contributed by atoms with Crippen LogP contribution in [0, 0.1) is 0 Å². The largest absolute Gasteiger partial charge is 0.481 e. The average molecular weight is 296 g/mol. The first kappa shape index (κ1) is 19.9. The van der Waals surface area contributed by atoms with E-state index in [2.05, 4.69) is 19.1 Å². The first-order valence-electron chi connectivity index (χ1n) is 8.55. The molecule has 0 heterocycles. The normalized spacial score (nSPS) is 11.1. The van der Waals surface area contributed by atoms with E-state index in [9.17, 15) is 9.59 Å². The van der Waals surface area contributed by atoms with Crippen molar-refractivity contribution in [1.29, 1.82) is 0 Å². The first-order chi connectivity index (χ1) is 10.2. The number of carboxylic acids is 1. The Balaban J connectivity index is 3.23. The maximum absolute atomic E-state index is 11.7. The maximum Gasteiger partial charge on any atom is 0.303 e. The highest BCUT2D eigenvalue weighted by molar-refractivity contribution is 5.78. The lowest BCUT2D eigenvalue weighted by molar-refractivity contribution is -0.137. The summed E-state index contributed by atoms with van der Waals surface area (Å²) in [6.07, 6.45) is 16.5. The van der Waals surface area contributed by atoms with Gasteiger partial charge in [-0.15, -0.1) is 0 Å². The van der Waals surface area contributed by atoms with Crippen molar-refractivity contribution < 1.29 is 14.7 Å². The fourth-order valence-corrected chi connectivity index (χ4v) is 2.30.